The number of sulfonamides is 1. The van der Waals surface area contributed by atoms with Gasteiger partial charge in [-0.3, -0.25) is 9.52 Å². The van der Waals surface area contributed by atoms with Crippen molar-refractivity contribution in [3.05, 3.63) is 54.1 Å². The Bertz CT molecular complexity index is 883. The zero-order valence-corrected chi connectivity index (χ0v) is 17.1. The van der Waals surface area contributed by atoms with Gasteiger partial charge in [-0.15, -0.1) is 0 Å². The second-order valence-corrected chi connectivity index (χ2v) is 9.22. The molecule has 0 saturated carbocycles. The number of amides is 1. The maximum absolute atomic E-state index is 12.3. The van der Waals surface area contributed by atoms with Gasteiger partial charge in [0.25, 0.3) is 5.91 Å². The van der Waals surface area contributed by atoms with Gasteiger partial charge in [-0.05, 0) is 54.3 Å². The number of hydrogen-bond donors (Lipinski definition) is 2. The first-order valence-corrected chi connectivity index (χ1v) is 10.5. The van der Waals surface area contributed by atoms with Crippen molar-refractivity contribution in [1.29, 1.82) is 0 Å². The first-order valence-electron chi connectivity index (χ1n) is 8.60. The first-order chi connectivity index (χ1) is 12.4. The SMILES string of the molecule is CC(Oc1ccc(C(C)(C)C)cc1)C(=O)Nc1ccc(NS(C)(=O)=O)cc1. The number of carbonyl (C=O) groups is 1. The van der Waals surface area contributed by atoms with Gasteiger partial charge >= 0.3 is 0 Å². The summed E-state index contributed by atoms with van der Waals surface area (Å²) in [4.78, 5) is 12.3. The van der Waals surface area contributed by atoms with Gasteiger partial charge in [-0.25, -0.2) is 8.42 Å². The maximum Gasteiger partial charge on any atom is 0.265 e. The molecule has 0 bridgehead atoms. The molecule has 146 valence electrons. The van der Waals surface area contributed by atoms with E-state index in [9.17, 15) is 13.2 Å². The van der Waals surface area contributed by atoms with Crippen LogP contribution >= 0.6 is 0 Å². The Morgan fingerprint density at radius 2 is 1.48 bits per heavy atom. The van der Waals surface area contributed by atoms with E-state index in [-0.39, 0.29) is 11.3 Å². The molecule has 2 aromatic carbocycles. The number of anilines is 2. The molecule has 2 N–H and O–H groups in total. The smallest absolute Gasteiger partial charge is 0.265 e. The Morgan fingerprint density at radius 3 is 1.96 bits per heavy atom. The van der Waals surface area contributed by atoms with E-state index in [4.69, 9.17) is 4.74 Å². The summed E-state index contributed by atoms with van der Waals surface area (Å²) in [5.41, 5.74) is 2.23. The molecule has 1 unspecified atom stereocenters. The predicted octanol–water partition coefficient (Wildman–Crippen LogP) is 3.76. The van der Waals surface area contributed by atoms with Crippen LogP contribution in [0.2, 0.25) is 0 Å². The van der Waals surface area contributed by atoms with E-state index in [1.807, 2.05) is 24.3 Å². The molecule has 0 aliphatic carbocycles. The second-order valence-electron chi connectivity index (χ2n) is 7.48. The molecule has 0 fully saturated rings. The third kappa shape index (κ3) is 6.60. The highest BCUT2D eigenvalue weighted by Gasteiger charge is 2.17. The lowest BCUT2D eigenvalue weighted by atomic mass is 9.87. The monoisotopic (exact) mass is 390 g/mol. The van der Waals surface area contributed by atoms with Gasteiger partial charge < -0.3 is 10.1 Å². The Morgan fingerprint density at radius 1 is 0.963 bits per heavy atom. The third-order valence-electron chi connectivity index (χ3n) is 3.86. The first kappa shape index (κ1) is 20.8. The molecule has 0 aromatic heterocycles. The topological polar surface area (TPSA) is 84.5 Å². The highest BCUT2D eigenvalue weighted by molar-refractivity contribution is 7.92. The van der Waals surface area contributed by atoms with Crippen LogP contribution in [0.15, 0.2) is 48.5 Å². The highest BCUT2D eigenvalue weighted by atomic mass is 32.2. The standard InChI is InChI=1S/C20H26N2O4S/c1-14(26-18-12-6-15(7-13-18)20(2,3)4)19(23)21-16-8-10-17(11-9-16)22-27(5,24)25/h6-14,22H,1-5H3,(H,21,23). The van der Waals surface area contributed by atoms with Crippen LogP contribution in [0.5, 0.6) is 5.75 Å². The van der Waals surface area contributed by atoms with Crippen molar-refractivity contribution in [3.63, 3.8) is 0 Å². The van der Waals surface area contributed by atoms with Gasteiger partial charge in [0.05, 0.1) is 6.26 Å². The van der Waals surface area contributed by atoms with Crippen molar-refractivity contribution in [1.82, 2.24) is 0 Å². The summed E-state index contributed by atoms with van der Waals surface area (Å²) in [6.45, 7) is 8.08. The summed E-state index contributed by atoms with van der Waals surface area (Å²) in [6, 6.07) is 14.1. The summed E-state index contributed by atoms with van der Waals surface area (Å²) in [5.74, 6) is 0.331. The van der Waals surface area contributed by atoms with Crippen molar-refractivity contribution >= 4 is 27.3 Å². The van der Waals surface area contributed by atoms with E-state index in [1.165, 1.54) is 5.56 Å². The number of nitrogens with one attached hydrogen (secondary N) is 2. The van der Waals surface area contributed by atoms with E-state index < -0.39 is 16.1 Å². The number of carbonyl (C=O) groups excluding carboxylic acids is 1. The molecule has 0 aliphatic rings. The van der Waals surface area contributed by atoms with E-state index in [2.05, 4.69) is 30.8 Å². The van der Waals surface area contributed by atoms with Gasteiger partial charge in [-0.1, -0.05) is 32.9 Å². The lowest BCUT2D eigenvalue weighted by Crippen LogP contribution is -2.30. The van der Waals surface area contributed by atoms with Crippen LogP contribution in [0, 0.1) is 0 Å². The van der Waals surface area contributed by atoms with Gasteiger partial charge in [0.15, 0.2) is 6.10 Å². The maximum atomic E-state index is 12.3. The van der Waals surface area contributed by atoms with Crippen LogP contribution in [0.3, 0.4) is 0 Å². The van der Waals surface area contributed by atoms with Gasteiger partial charge in [0, 0.05) is 11.4 Å². The van der Waals surface area contributed by atoms with Crippen molar-refractivity contribution in [2.24, 2.45) is 0 Å². The van der Waals surface area contributed by atoms with Gasteiger partial charge in [-0.2, -0.15) is 0 Å². The summed E-state index contributed by atoms with van der Waals surface area (Å²) in [5, 5.41) is 2.75. The van der Waals surface area contributed by atoms with Crippen molar-refractivity contribution in [2.75, 3.05) is 16.3 Å². The van der Waals surface area contributed by atoms with Crippen LogP contribution in [0.4, 0.5) is 11.4 Å². The minimum Gasteiger partial charge on any atom is -0.481 e. The average Bonchev–Trinajstić information content (AvgIpc) is 2.55. The molecule has 1 amide bonds. The van der Waals surface area contributed by atoms with Crippen LogP contribution in [-0.2, 0) is 20.2 Å². The molecule has 2 aromatic rings. The lowest BCUT2D eigenvalue weighted by molar-refractivity contribution is -0.122. The largest absolute Gasteiger partial charge is 0.481 e. The van der Waals surface area contributed by atoms with Crippen molar-refractivity contribution in [2.45, 2.75) is 39.2 Å². The zero-order chi connectivity index (χ0) is 20.2. The Balaban J connectivity index is 1.95. The van der Waals surface area contributed by atoms with Gasteiger partial charge in [0.1, 0.15) is 5.75 Å². The molecule has 0 aliphatic heterocycles. The summed E-state index contributed by atoms with van der Waals surface area (Å²) >= 11 is 0. The third-order valence-corrected chi connectivity index (χ3v) is 4.46. The van der Waals surface area contributed by atoms with Crippen LogP contribution < -0.4 is 14.8 Å². The molecule has 0 heterocycles. The fraction of sp³-hybridized carbons (Fsp3) is 0.350. The molecule has 1 atom stereocenters. The fourth-order valence-electron chi connectivity index (χ4n) is 2.37. The number of ether oxygens (including phenoxy) is 1. The summed E-state index contributed by atoms with van der Waals surface area (Å²) < 4.78 is 30.5. The van der Waals surface area contributed by atoms with E-state index >= 15 is 0 Å². The Labute approximate surface area is 161 Å². The summed E-state index contributed by atoms with van der Waals surface area (Å²) in [6.07, 6.45) is 0.398. The van der Waals surface area contributed by atoms with Crippen LogP contribution in [-0.4, -0.2) is 26.7 Å². The fourth-order valence-corrected chi connectivity index (χ4v) is 2.93. The molecule has 27 heavy (non-hydrogen) atoms. The normalized spacial score (nSPS) is 12.9. The zero-order valence-electron chi connectivity index (χ0n) is 16.2. The molecule has 0 spiro atoms. The second kappa shape index (κ2) is 8.00. The van der Waals surface area contributed by atoms with Crippen molar-refractivity contribution < 1.29 is 17.9 Å². The quantitative estimate of drug-likeness (QED) is 0.786. The lowest BCUT2D eigenvalue weighted by Gasteiger charge is -2.20. The van der Waals surface area contributed by atoms with Crippen molar-refractivity contribution in [3.8, 4) is 5.75 Å². The van der Waals surface area contributed by atoms with Gasteiger partial charge in [0.2, 0.25) is 10.0 Å². The molecule has 6 nitrogen and oxygen atoms in total. The number of rotatable bonds is 6. The molecular weight excluding hydrogens is 364 g/mol. The van der Waals surface area contributed by atoms with Crippen LogP contribution in [0.1, 0.15) is 33.3 Å². The molecule has 0 radical (unpaired) electrons. The van der Waals surface area contributed by atoms with Crippen LogP contribution in [0.25, 0.3) is 0 Å². The van der Waals surface area contributed by atoms with E-state index in [0.717, 1.165) is 6.26 Å². The minimum absolute atomic E-state index is 0.0552. The predicted molar refractivity (Wildman–Crippen MR) is 109 cm³/mol. The number of benzene rings is 2. The number of hydrogen-bond acceptors (Lipinski definition) is 4. The average molecular weight is 391 g/mol. The minimum atomic E-state index is -3.33. The highest BCUT2D eigenvalue weighted by Crippen LogP contribution is 2.24. The molecule has 7 heteroatoms. The molecular formula is C20H26N2O4S. The van der Waals surface area contributed by atoms with E-state index in [0.29, 0.717) is 17.1 Å². The molecule has 2 rings (SSSR count). The summed E-state index contributed by atoms with van der Waals surface area (Å²) in [7, 11) is -3.33. The molecule has 0 saturated heterocycles. The Kier molecular flexibility index (Phi) is 6.15. The van der Waals surface area contributed by atoms with E-state index in [1.54, 1.807) is 31.2 Å². The Hall–Kier alpha value is -2.54.